The van der Waals surface area contributed by atoms with Gasteiger partial charge in [0, 0.05) is 6.42 Å². The van der Waals surface area contributed by atoms with E-state index in [0.717, 1.165) is 0 Å². The summed E-state index contributed by atoms with van der Waals surface area (Å²) in [6.07, 6.45) is -1.89. The number of hydrogen-bond acceptors (Lipinski definition) is 7. The van der Waals surface area contributed by atoms with Crippen LogP contribution in [0.1, 0.15) is 33.6 Å². The maximum Gasteiger partial charge on any atom is 0.326 e. The molecule has 3 amide bonds. The van der Waals surface area contributed by atoms with Crippen molar-refractivity contribution in [3.8, 4) is 0 Å². The topological polar surface area (TPSA) is 208 Å². The number of hydrogen-bond donors (Lipinski definition) is 7. The molecule has 0 fully saturated rings. The van der Waals surface area contributed by atoms with Crippen molar-refractivity contribution in [3.05, 3.63) is 0 Å². The van der Waals surface area contributed by atoms with E-state index < -0.39 is 66.4 Å². The Bertz CT molecular complexity index is 580. The third-order valence-electron chi connectivity index (χ3n) is 3.59. The van der Waals surface area contributed by atoms with Gasteiger partial charge in [0.15, 0.2) is 0 Å². The number of amides is 3. The third-order valence-corrected chi connectivity index (χ3v) is 3.59. The molecule has 0 bridgehead atoms. The number of nitrogens with one attached hydrogen (secondary N) is 3. The van der Waals surface area contributed by atoms with Crippen LogP contribution >= 0.6 is 0 Å². The first-order valence-corrected chi connectivity index (χ1v) is 8.16. The highest BCUT2D eigenvalue weighted by Crippen LogP contribution is 1.99. The Morgan fingerprint density at radius 3 is 1.70 bits per heavy atom. The van der Waals surface area contributed by atoms with E-state index in [4.69, 9.17) is 15.9 Å². The predicted molar refractivity (Wildman–Crippen MR) is 91.3 cm³/mol. The second-order valence-electron chi connectivity index (χ2n) is 6.06. The molecule has 27 heavy (non-hydrogen) atoms. The largest absolute Gasteiger partial charge is 0.481 e. The van der Waals surface area contributed by atoms with Crippen LogP contribution in [0.2, 0.25) is 0 Å². The molecule has 0 aromatic rings. The number of carboxylic acid groups (broad SMARTS) is 2. The number of nitrogens with two attached hydrogens (primary N) is 1. The number of aliphatic hydroxyl groups excluding tert-OH is 1. The molecule has 0 aliphatic carbocycles. The minimum Gasteiger partial charge on any atom is -0.481 e. The van der Waals surface area contributed by atoms with Gasteiger partial charge in [-0.3, -0.25) is 19.2 Å². The molecule has 0 aromatic heterocycles. The van der Waals surface area contributed by atoms with Crippen molar-refractivity contribution in [1.82, 2.24) is 16.0 Å². The van der Waals surface area contributed by atoms with E-state index in [2.05, 4.69) is 16.0 Å². The highest BCUT2D eigenvalue weighted by Gasteiger charge is 2.27. The summed E-state index contributed by atoms with van der Waals surface area (Å²) >= 11 is 0. The van der Waals surface area contributed by atoms with Crippen LogP contribution in [0.5, 0.6) is 0 Å². The molecule has 154 valence electrons. The monoisotopic (exact) mass is 390 g/mol. The summed E-state index contributed by atoms with van der Waals surface area (Å²) in [5, 5.41) is 33.5. The highest BCUT2D eigenvalue weighted by atomic mass is 16.4. The molecule has 12 heteroatoms. The summed E-state index contributed by atoms with van der Waals surface area (Å²) in [5.41, 5.74) is 5.44. The molecule has 0 radical (unpaired) electrons. The van der Waals surface area contributed by atoms with Gasteiger partial charge in [-0.1, -0.05) is 0 Å². The summed E-state index contributed by atoms with van der Waals surface area (Å²) < 4.78 is 0. The molecule has 0 rings (SSSR count). The average molecular weight is 390 g/mol. The van der Waals surface area contributed by atoms with Gasteiger partial charge in [0.05, 0.1) is 6.10 Å². The summed E-state index contributed by atoms with van der Waals surface area (Å²) in [5.74, 6) is -4.95. The first kappa shape index (κ1) is 24.3. The van der Waals surface area contributed by atoms with E-state index in [0.29, 0.717) is 0 Å². The molecule has 0 heterocycles. The van der Waals surface area contributed by atoms with Crippen LogP contribution in [0, 0.1) is 0 Å². The van der Waals surface area contributed by atoms with Crippen LogP contribution in [0.4, 0.5) is 0 Å². The zero-order valence-corrected chi connectivity index (χ0v) is 15.3. The molecule has 0 aliphatic rings. The van der Waals surface area contributed by atoms with Gasteiger partial charge in [0.2, 0.25) is 17.7 Å². The smallest absolute Gasteiger partial charge is 0.326 e. The van der Waals surface area contributed by atoms with Crippen LogP contribution < -0.4 is 21.7 Å². The van der Waals surface area contributed by atoms with Gasteiger partial charge in [0.1, 0.15) is 24.2 Å². The number of carbonyl (C=O) groups is 5. The first-order chi connectivity index (χ1) is 12.4. The lowest BCUT2D eigenvalue weighted by atomic mass is 10.1. The van der Waals surface area contributed by atoms with Crippen molar-refractivity contribution < 1.29 is 39.3 Å². The predicted octanol–water partition coefficient (Wildman–Crippen LogP) is -2.86. The van der Waals surface area contributed by atoms with Crippen molar-refractivity contribution in [2.45, 2.75) is 63.9 Å². The lowest BCUT2D eigenvalue weighted by Gasteiger charge is -2.22. The number of carbonyl (C=O) groups excluding carboxylic acids is 3. The van der Waals surface area contributed by atoms with E-state index in [1.54, 1.807) is 0 Å². The zero-order chi connectivity index (χ0) is 21.3. The molecule has 5 atom stereocenters. The standard InChI is InChI=1S/C15H26N4O8/c1-6(18-14(25)11(16)8(3)20)12(23)17-7(2)13(24)19-9(15(26)27)4-5-10(21)22/h6-9,11,20H,4-5,16H2,1-3H3,(H,17,23)(H,18,25)(H,19,24)(H,21,22)(H,26,27)/t6-,7-,8+,9-,11-/m0/s1. The van der Waals surface area contributed by atoms with E-state index in [1.807, 2.05) is 0 Å². The summed E-state index contributed by atoms with van der Waals surface area (Å²) in [7, 11) is 0. The second-order valence-corrected chi connectivity index (χ2v) is 6.06. The normalized spacial score (nSPS) is 16.2. The van der Waals surface area contributed by atoms with Gasteiger partial charge in [-0.15, -0.1) is 0 Å². The van der Waals surface area contributed by atoms with Gasteiger partial charge in [-0.25, -0.2) is 4.79 Å². The Labute approximate surface area is 155 Å². The molecule has 0 saturated heterocycles. The number of rotatable bonds is 11. The Balaban J connectivity index is 4.67. The number of carboxylic acids is 2. The molecule has 0 aliphatic heterocycles. The van der Waals surface area contributed by atoms with Gasteiger partial charge in [0.25, 0.3) is 0 Å². The van der Waals surface area contributed by atoms with Crippen molar-refractivity contribution in [2.75, 3.05) is 0 Å². The van der Waals surface area contributed by atoms with Crippen LogP contribution in [-0.4, -0.2) is 75.3 Å². The fourth-order valence-electron chi connectivity index (χ4n) is 1.82. The molecule has 0 saturated carbocycles. The van der Waals surface area contributed by atoms with Crippen LogP contribution in [0.15, 0.2) is 0 Å². The summed E-state index contributed by atoms with van der Waals surface area (Å²) in [6, 6.07) is -4.87. The van der Waals surface area contributed by atoms with Crippen LogP contribution in [-0.2, 0) is 24.0 Å². The van der Waals surface area contributed by atoms with E-state index in [-0.39, 0.29) is 6.42 Å². The molecule has 12 nitrogen and oxygen atoms in total. The van der Waals surface area contributed by atoms with E-state index in [1.165, 1.54) is 20.8 Å². The Morgan fingerprint density at radius 2 is 1.30 bits per heavy atom. The fourth-order valence-corrected chi connectivity index (χ4v) is 1.82. The van der Waals surface area contributed by atoms with Crippen LogP contribution in [0.25, 0.3) is 0 Å². The number of aliphatic hydroxyl groups is 1. The third kappa shape index (κ3) is 8.96. The van der Waals surface area contributed by atoms with E-state index in [9.17, 15) is 29.1 Å². The number of aliphatic carboxylic acids is 2. The molecular weight excluding hydrogens is 364 g/mol. The molecule has 0 aromatic carbocycles. The average Bonchev–Trinajstić information content (AvgIpc) is 2.56. The van der Waals surface area contributed by atoms with Crippen molar-refractivity contribution in [2.24, 2.45) is 5.73 Å². The fraction of sp³-hybridized carbons (Fsp3) is 0.667. The lowest BCUT2D eigenvalue weighted by Crippen LogP contribution is -2.56. The summed E-state index contributed by atoms with van der Waals surface area (Å²) in [6.45, 7) is 3.93. The Kier molecular flexibility index (Phi) is 9.96. The Hall–Kier alpha value is -2.73. The SMILES string of the molecule is C[C@H](NC(=O)[C@H](C)NC(=O)[C@@H](N)[C@@H](C)O)C(=O)N[C@@H](CCC(=O)O)C(=O)O. The molecule has 0 spiro atoms. The van der Waals surface area contributed by atoms with Gasteiger partial charge >= 0.3 is 11.9 Å². The van der Waals surface area contributed by atoms with Crippen molar-refractivity contribution >= 4 is 29.7 Å². The summed E-state index contributed by atoms with van der Waals surface area (Å²) in [4.78, 5) is 57.3. The second kappa shape index (κ2) is 11.1. The Morgan fingerprint density at radius 1 is 0.852 bits per heavy atom. The van der Waals surface area contributed by atoms with Crippen molar-refractivity contribution in [3.63, 3.8) is 0 Å². The quantitative estimate of drug-likeness (QED) is 0.193. The van der Waals surface area contributed by atoms with Gasteiger partial charge in [-0.05, 0) is 27.2 Å². The lowest BCUT2D eigenvalue weighted by molar-refractivity contribution is -0.143. The van der Waals surface area contributed by atoms with Gasteiger partial charge < -0.3 is 37.0 Å². The zero-order valence-electron chi connectivity index (χ0n) is 15.3. The van der Waals surface area contributed by atoms with Crippen LogP contribution in [0.3, 0.4) is 0 Å². The molecule has 8 N–H and O–H groups in total. The van der Waals surface area contributed by atoms with E-state index >= 15 is 0 Å². The first-order valence-electron chi connectivity index (χ1n) is 8.16. The minimum absolute atomic E-state index is 0.319. The minimum atomic E-state index is -1.42. The van der Waals surface area contributed by atoms with Crippen molar-refractivity contribution in [1.29, 1.82) is 0 Å². The molecular formula is C15H26N4O8. The maximum atomic E-state index is 12.0. The molecule has 0 unspecified atom stereocenters. The van der Waals surface area contributed by atoms with Gasteiger partial charge in [-0.2, -0.15) is 0 Å². The highest BCUT2D eigenvalue weighted by molar-refractivity contribution is 5.93. The maximum absolute atomic E-state index is 12.0.